The van der Waals surface area contributed by atoms with Gasteiger partial charge in [0.05, 0.1) is 11.6 Å². The fourth-order valence-corrected chi connectivity index (χ4v) is 4.51. The molecule has 1 fully saturated rings. The maximum absolute atomic E-state index is 11.8. The minimum atomic E-state index is -1.20. The van der Waals surface area contributed by atoms with Gasteiger partial charge in [-0.1, -0.05) is 28.5 Å². The van der Waals surface area contributed by atoms with Gasteiger partial charge in [0.2, 0.25) is 0 Å². The van der Waals surface area contributed by atoms with Crippen molar-refractivity contribution < 1.29 is 33.3 Å². The number of nitrogens with zero attached hydrogens (tertiary/aromatic N) is 4. The maximum Gasteiger partial charge on any atom is 0.303 e. The van der Waals surface area contributed by atoms with Gasteiger partial charge in [0.1, 0.15) is 36.4 Å². The summed E-state index contributed by atoms with van der Waals surface area (Å²) in [6, 6.07) is 5.39. The van der Waals surface area contributed by atoms with Crippen LogP contribution in [0.1, 0.15) is 26.3 Å². The van der Waals surface area contributed by atoms with Crippen molar-refractivity contribution in [2.45, 2.75) is 55.5 Å². The van der Waals surface area contributed by atoms with E-state index in [2.05, 4.69) is 10.0 Å². The number of nitriles is 1. The highest BCUT2D eigenvalue weighted by molar-refractivity contribution is 7.99. The molecule has 5 atom stereocenters. The molecule has 1 aliphatic heterocycles. The SMILES string of the molecule is CC(=O)OCC1O[C@H](Sc2cc(Cl)cc(C#N)c2)[C@@H](OC(C)=O)C(N=[N+]=[N-])[C@H]1OC(C)=O. The molecule has 2 rings (SSSR count). The Kier molecular flexibility index (Phi) is 9.16. The van der Waals surface area contributed by atoms with Gasteiger partial charge in [0, 0.05) is 35.6 Å². The average molecular weight is 483 g/mol. The Morgan fingerprint density at radius 3 is 2.41 bits per heavy atom. The number of thioether (sulfide) groups is 1. The summed E-state index contributed by atoms with van der Waals surface area (Å²) >= 11 is 7.11. The zero-order valence-electron chi connectivity index (χ0n) is 17.3. The van der Waals surface area contributed by atoms with Gasteiger partial charge in [-0.2, -0.15) is 5.26 Å². The van der Waals surface area contributed by atoms with E-state index in [9.17, 15) is 19.6 Å². The standard InChI is InChI=1S/C19H19ClN4O7S/c1-9(25)28-8-15-17(29-10(2)26)16(23-24-22)18(30-11(3)27)19(31-15)32-14-5-12(7-21)4-13(20)6-14/h4-6,15-19H,8H2,1-3H3/t15?,16?,17-,18-,19+/m0/s1. The summed E-state index contributed by atoms with van der Waals surface area (Å²) in [5.74, 6) is -1.99. The predicted molar refractivity (Wildman–Crippen MR) is 111 cm³/mol. The zero-order valence-corrected chi connectivity index (χ0v) is 18.8. The first-order valence-electron chi connectivity index (χ1n) is 9.19. The number of ether oxygens (including phenoxy) is 4. The number of carbonyl (C=O) groups is 3. The summed E-state index contributed by atoms with van der Waals surface area (Å²) in [6.45, 7) is 3.19. The first kappa shape index (κ1) is 25.3. The number of azide groups is 1. The van der Waals surface area contributed by atoms with Crippen molar-refractivity contribution in [2.75, 3.05) is 6.61 Å². The Balaban J connectivity index is 2.48. The van der Waals surface area contributed by atoms with E-state index in [1.54, 1.807) is 12.1 Å². The topological polar surface area (TPSA) is 161 Å². The molecule has 1 heterocycles. The molecule has 2 unspecified atom stereocenters. The summed E-state index contributed by atoms with van der Waals surface area (Å²) in [7, 11) is 0. The Hall–Kier alpha value is -2.97. The molecule has 11 nitrogen and oxygen atoms in total. The third kappa shape index (κ3) is 7.03. The van der Waals surface area contributed by atoms with E-state index in [1.807, 2.05) is 6.07 Å². The maximum atomic E-state index is 11.8. The lowest BCUT2D eigenvalue weighted by molar-refractivity contribution is -0.201. The van der Waals surface area contributed by atoms with Crippen molar-refractivity contribution in [3.8, 4) is 6.07 Å². The number of hydrogen-bond donors (Lipinski definition) is 0. The molecule has 0 spiro atoms. The highest BCUT2D eigenvalue weighted by Crippen LogP contribution is 2.38. The van der Waals surface area contributed by atoms with Crippen LogP contribution in [-0.4, -0.2) is 54.3 Å². The zero-order chi connectivity index (χ0) is 23.8. The Bertz CT molecular complexity index is 979. The number of carbonyl (C=O) groups excluding carboxylic acids is 3. The summed E-state index contributed by atoms with van der Waals surface area (Å²) in [6.07, 6.45) is -3.40. The molecule has 0 radical (unpaired) electrons. The lowest BCUT2D eigenvalue weighted by atomic mass is 9.97. The second kappa shape index (κ2) is 11.6. The molecular formula is C19H19ClN4O7S. The molecule has 0 saturated carbocycles. The number of hydrogen-bond acceptors (Lipinski definition) is 10. The monoisotopic (exact) mass is 482 g/mol. The van der Waals surface area contributed by atoms with E-state index in [0.717, 1.165) is 25.6 Å². The Morgan fingerprint density at radius 2 is 1.84 bits per heavy atom. The molecule has 170 valence electrons. The van der Waals surface area contributed by atoms with Gasteiger partial charge in [-0.05, 0) is 23.7 Å². The van der Waals surface area contributed by atoms with Gasteiger partial charge in [-0.3, -0.25) is 14.4 Å². The van der Waals surface area contributed by atoms with Gasteiger partial charge in [-0.25, -0.2) is 0 Å². The molecule has 0 bridgehead atoms. The molecule has 1 aromatic rings. The number of halogens is 1. The Labute approximate surface area is 192 Å². The minimum absolute atomic E-state index is 0.292. The van der Waals surface area contributed by atoms with Crippen molar-refractivity contribution in [3.05, 3.63) is 39.2 Å². The fraction of sp³-hybridized carbons (Fsp3) is 0.474. The number of esters is 3. The van der Waals surface area contributed by atoms with E-state index in [4.69, 9.17) is 36.1 Å². The van der Waals surface area contributed by atoms with Gasteiger partial charge in [-0.15, -0.1) is 0 Å². The molecule has 1 aromatic carbocycles. The van der Waals surface area contributed by atoms with Crippen LogP contribution in [0.15, 0.2) is 28.2 Å². The van der Waals surface area contributed by atoms with E-state index in [1.165, 1.54) is 13.0 Å². The first-order chi connectivity index (χ1) is 15.1. The molecule has 0 aliphatic carbocycles. The third-order valence-electron chi connectivity index (χ3n) is 4.11. The van der Waals surface area contributed by atoms with Crippen molar-refractivity contribution in [3.63, 3.8) is 0 Å². The molecule has 0 aromatic heterocycles. The highest BCUT2D eigenvalue weighted by atomic mass is 35.5. The third-order valence-corrected chi connectivity index (χ3v) is 5.45. The van der Waals surface area contributed by atoms with Crippen LogP contribution >= 0.6 is 23.4 Å². The van der Waals surface area contributed by atoms with Gasteiger partial charge in [0.25, 0.3) is 0 Å². The van der Waals surface area contributed by atoms with Crippen LogP contribution in [0.2, 0.25) is 5.02 Å². The number of rotatable bonds is 7. The van der Waals surface area contributed by atoms with Crippen molar-refractivity contribution in [2.24, 2.45) is 5.11 Å². The van der Waals surface area contributed by atoms with Crippen molar-refractivity contribution in [1.29, 1.82) is 5.26 Å². The molecule has 13 heteroatoms. The van der Waals surface area contributed by atoms with Crippen LogP contribution < -0.4 is 0 Å². The van der Waals surface area contributed by atoms with E-state index in [0.29, 0.717) is 15.5 Å². The van der Waals surface area contributed by atoms with E-state index in [-0.39, 0.29) is 6.61 Å². The summed E-state index contributed by atoms with van der Waals surface area (Å²) in [5.41, 5.74) is 8.41. The number of benzene rings is 1. The molecule has 1 saturated heterocycles. The Morgan fingerprint density at radius 1 is 1.19 bits per heavy atom. The van der Waals surface area contributed by atoms with Crippen LogP contribution in [0, 0.1) is 11.3 Å². The highest BCUT2D eigenvalue weighted by Gasteiger charge is 2.50. The van der Waals surface area contributed by atoms with E-state index >= 15 is 0 Å². The summed E-state index contributed by atoms with van der Waals surface area (Å²) in [5, 5.41) is 13.2. The molecule has 0 N–H and O–H groups in total. The van der Waals surface area contributed by atoms with Crippen LogP contribution in [0.4, 0.5) is 0 Å². The van der Waals surface area contributed by atoms with Crippen molar-refractivity contribution in [1.82, 2.24) is 0 Å². The minimum Gasteiger partial charge on any atom is -0.463 e. The average Bonchev–Trinajstić information content (AvgIpc) is 2.69. The lowest BCUT2D eigenvalue weighted by Gasteiger charge is -2.43. The summed E-state index contributed by atoms with van der Waals surface area (Å²) < 4.78 is 21.6. The van der Waals surface area contributed by atoms with E-state index < -0.39 is 47.7 Å². The normalized spacial score (nSPS) is 24.4. The molecule has 0 amide bonds. The lowest BCUT2D eigenvalue weighted by Crippen LogP contribution is -2.59. The second-order valence-electron chi connectivity index (χ2n) is 6.59. The molecular weight excluding hydrogens is 464 g/mol. The van der Waals surface area contributed by atoms with Crippen LogP contribution in [-0.2, 0) is 33.3 Å². The molecule has 1 aliphatic rings. The van der Waals surface area contributed by atoms with Gasteiger partial charge < -0.3 is 18.9 Å². The molecule has 32 heavy (non-hydrogen) atoms. The fourth-order valence-electron chi connectivity index (χ4n) is 3.00. The quantitative estimate of drug-likeness (QED) is 0.187. The largest absolute Gasteiger partial charge is 0.463 e. The van der Waals surface area contributed by atoms with Gasteiger partial charge in [0.15, 0.2) is 0 Å². The smallest absolute Gasteiger partial charge is 0.303 e. The first-order valence-corrected chi connectivity index (χ1v) is 10.4. The summed E-state index contributed by atoms with van der Waals surface area (Å²) in [4.78, 5) is 38.1. The van der Waals surface area contributed by atoms with Crippen LogP contribution in [0.25, 0.3) is 10.4 Å². The second-order valence-corrected chi connectivity index (χ2v) is 8.20. The van der Waals surface area contributed by atoms with Crippen LogP contribution in [0.3, 0.4) is 0 Å². The predicted octanol–water partition coefficient (Wildman–Crippen LogP) is 3.13. The van der Waals surface area contributed by atoms with Gasteiger partial charge >= 0.3 is 17.9 Å². The van der Waals surface area contributed by atoms with Crippen LogP contribution in [0.5, 0.6) is 0 Å². The van der Waals surface area contributed by atoms with Crippen molar-refractivity contribution >= 4 is 41.3 Å².